The Hall–Kier alpha value is -3.73. The van der Waals surface area contributed by atoms with Gasteiger partial charge in [-0.1, -0.05) is 30.3 Å². The maximum Gasteiger partial charge on any atom is 0.255 e. The van der Waals surface area contributed by atoms with Gasteiger partial charge in [-0.25, -0.2) is 0 Å². The maximum absolute atomic E-state index is 12.6. The molecule has 5 heteroatoms. The van der Waals surface area contributed by atoms with E-state index in [2.05, 4.69) is 15.5 Å². The fraction of sp³-hybridized carbons (Fsp3) is 0.0870. The average molecular weight is 369 g/mol. The molecule has 28 heavy (non-hydrogen) atoms. The van der Waals surface area contributed by atoms with Gasteiger partial charge in [0.25, 0.3) is 5.91 Å². The normalized spacial score (nSPS) is 10.6. The van der Waals surface area contributed by atoms with E-state index in [0.717, 1.165) is 27.9 Å². The SMILES string of the molecule is Cc1ccc(C)c(NC(=O)c2ccc(-c3nnc(-c4ccccc4)o3)cc2)c1. The van der Waals surface area contributed by atoms with Crippen molar-refractivity contribution in [3.8, 4) is 22.9 Å². The molecule has 1 aromatic heterocycles. The predicted octanol–water partition coefficient (Wildman–Crippen LogP) is 5.27. The lowest BCUT2D eigenvalue weighted by Crippen LogP contribution is -2.12. The number of benzene rings is 3. The molecule has 0 bridgehead atoms. The van der Waals surface area contributed by atoms with Gasteiger partial charge in [0.2, 0.25) is 11.8 Å². The largest absolute Gasteiger partial charge is 0.416 e. The van der Waals surface area contributed by atoms with Gasteiger partial charge in [-0.15, -0.1) is 10.2 Å². The fourth-order valence-corrected chi connectivity index (χ4v) is 2.87. The second-order valence-electron chi connectivity index (χ2n) is 6.63. The van der Waals surface area contributed by atoms with E-state index < -0.39 is 0 Å². The predicted molar refractivity (Wildman–Crippen MR) is 109 cm³/mol. The molecule has 0 aliphatic carbocycles. The van der Waals surface area contributed by atoms with Crippen LogP contribution in [0.15, 0.2) is 77.2 Å². The summed E-state index contributed by atoms with van der Waals surface area (Å²) in [5.41, 5.74) is 5.13. The zero-order valence-electron chi connectivity index (χ0n) is 15.6. The zero-order valence-corrected chi connectivity index (χ0v) is 15.6. The van der Waals surface area contributed by atoms with Crippen LogP contribution >= 0.6 is 0 Å². The third kappa shape index (κ3) is 3.69. The van der Waals surface area contributed by atoms with Gasteiger partial charge in [0, 0.05) is 22.4 Å². The molecule has 0 fully saturated rings. The average Bonchev–Trinajstić information content (AvgIpc) is 3.22. The van der Waals surface area contributed by atoms with Crippen molar-refractivity contribution in [3.63, 3.8) is 0 Å². The Labute approximate surface area is 163 Å². The first-order chi connectivity index (χ1) is 13.6. The summed E-state index contributed by atoms with van der Waals surface area (Å²) in [5, 5.41) is 11.2. The highest BCUT2D eigenvalue weighted by atomic mass is 16.4. The Morgan fingerprint density at radius 2 is 1.46 bits per heavy atom. The molecule has 4 rings (SSSR count). The minimum Gasteiger partial charge on any atom is -0.416 e. The highest BCUT2D eigenvalue weighted by Crippen LogP contribution is 2.24. The van der Waals surface area contributed by atoms with Crippen molar-refractivity contribution >= 4 is 11.6 Å². The molecule has 5 nitrogen and oxygen atoms in total. The molecule has 4 aromatic rings. The number of nitrogens with zero attached hydrogens (tertiary/aromatic N) is 2. The van der Waals surface area contributed by atoms with Crippen LogP contribution in [0.1, 0.15) is 21.5 Å². The number of nitrogens with one attached hydrogen (secondary N) is 1. The number of rotatable bonds is 4. The van der Waals surface area contributed by atoms with E-state index in [0.29, 0.717) is 17.3 Å². The van der Waals surface area contributed by atoms with Crippen LogP contribution in [0.2, 0.25) is 0 Å². The minimum atomic E-state index is -0.157. The van der Waals surface area contributed by atoms with Gasteiger partial charge < -0.3 is 9.73 Å². The topological polar surface area (TPSA) is 68.0 Å². The van der Waals surface area contributed by atoms with E-state index in [-0.39, 0.29) is 5.91 Å². The molecule has 138 valence electrons. The third-order valence-electron chi connectivity index (χ3n) is 4.48. The van der Waals surface area contributed by atoms with Gasteiger partial charge in [-0.3, -0.25) is 4.79 Å². The van der Waals surface area contributed by atoms with E-state index >= 15 is 0 Å². The van der Waals surface area contributed by atoms with Gasteiger partial charge in [-0.2, -0.15) is 0 Å². The summed E-state index contributed by atoms with van der Waals surface area (Å²) < 4.78 is 5.76. The van der Waals surface area contributed by atoms with Crippen molar-refractivity contribution in [2.75, 3.05) is 5.32 Å². The number of amides is 1. The molecule has 0 saturated heterocycles. The summed E-state index contributed by atoms with van der Waals surface area (Å²) in [5.74, 6) is 0.725. The fourth-order valence-electron chi connectivity index (χ4n) is 2.87. The summed E-state index contributed by atoms with van der Waals surface area (Å²) in [6, 6.07) is 22.7. The van der Waals surface area contributed by atoms with Crippen LogP contribution in [0.3, 0.4) is 0 Å². The Bertz CT molecular complexity index is 1120. The van der Waals surface area contributed by atoms with Crippen molar-refractivity contribution < 1.29 is 9.21 Å². The number of hydrogen-bond acceptors (Lipinski definition) is 4. The lowest BCUT2D eigenvalue weighted by atomic mass is 10.1. The van der Waals surface area contributed by atoms with E-state index in [9.17, 15) is 4.79 Å². The number of aryl methyl sites for hydroxylation is 2. The number of carbonyl (C=O) groups excluding carboxylic acids is 1. The van der Waals surface area contributed by atoms with Gasteiger partial charge in [0.1, 0.15) is 0 Å². The first kappa shape index (κ1) is 17.7. The van der Waals surface area contributed by atoms with Crippen molar-refractivity contribution in [2.24, 2.45) is 0 Å². The summed E-state index contributed by atoms with van der Waals surface area (Å²) in [7, 11) is 0. The summed E-state index contributed by atoms with van der Waals surface area (Å²) in [6.45, 7) is 3.97. The van der Waals surface area contributed by atoms with Gasteiger partial charge in [0.05, 0.1) is 0 Å². The quantitative estimate of drug-likeness (QED) is 0.532. The van der Waals surface area contributed by atoms with Crippen LogP contribution in [0.25, 0.3) is 22.9 Å². The van der Waals surface area contributed by atoms with E-state index in [1.54, 1.807) is 24.3 Å². The molecule has 0 spiro atoms. The molecule has 0 aliphatic rings. The first-order valence-corrected chi connectivity index (χ1v) is 8.98. The van der Waals surface area contributed by atoms with E-state index in [4.69, 9.17) is 4.42 Å². The number of hydrogen-bond donors (Lipinski definition) is 1. The highest BCUT2D eigenvalue weighted by molar-refractivity contribution is 6.04. The van der Waals surface area contributed by atoms with Crippen LogP contribution in [-0.2, 0) is 0 Å². The van der Waals surface area contributed by atoms with Crippen LogP contribution in [0.4, 0.5) is 5.69 Å². The Kier molecular flexibility index (Phi) is 4.72. The molecule has 3 aromatic carbocycles. The Morgan fingerprint density at radius 3 is 2.14 bits per heavy atom. The summed E-state index contributed by atoms with van der Waals surface area (Å²) in [6.07, 6.45) is 0. The van der Waals surface area contributed by atoms with E-state index in [1.807, 2.05) is 62.4 Å². The molecule has 0 unspecified atom stereocenters. The third-order valence-corrected chi connectivity index (χ3v) is 4.48. The standard InChI is InChI=1S/C23H19N3O2/c1-15-8-9-16(2)20(14-15)24-21(27)17-10-12-19(13-11-17)23-26-25-22(28-23)18-6-4-3-5-7-18/h3-14H,1-2H3,(H,24,27). The van der Waals surface area contributed by atoms with Crippen molar-refractivity contribution in [1.82, 2.24) is 10.2 Å². The van der Waals surface area contributed by atoms with Crippen LogP contribution < -0.4 is 5.32 Å². The summed E-state index contributed by atoms with van der Waals surface area (Å²) >= 11 is 0. The second-order valence-corrected chi connectivity index (χ2v) is 6.63. The van der Waals surface area contributed by atoms with Crippen LogP contribution in [0, 0.1) is 13.8 Å². The smallest absolute Gasteiger partial charge is 0.255 e. The molecule has 1 heterocycles. The Balaban J connectivity index is 1.52. The Morgan fingerprint density at radius 1 is 0.821 bits per heavy atom. The monoisotopic (exact) mass is 369 g/mol. The first-order valence-electron chi connectivity index (χ1n) is 8.98. The highest BCUT2D eigenvalue weighted by Gasteiger charge is 2.12. The zero-order chi connectivity index (χ0) is 19.5. The minimum absolute atomic E-state index is 0.157. The van der Waals surface area contributed by atoms with E-state index in [1.165, 1.54) is 0 Å². The molecular weight excluding hydrogens is 350 g/mol. The molecule has 1 amide bonds. The molecule has 1 N–H and O–H groups in total. The lowest BCUT2D eigenvalue weighted by molar-refractivity contribution is 0.102. The van der Waals surface area contributed by atoms with Crippen molar-refractivity contribution in [3.05, 3.63) is 89.5 Å². The van der Waals surface area contributed by atoms with Crippen molar-refractivity contribution in [2.45, 2.75) is 13.8 Å². The molecular formula is C23H19N3O2. The molecule has 0 saturated carbocycles. The van der Waals surface area contributed by atoms with Gasteiger partial charge in [0.15, 0.2) is 0 Å². The number of aromatic nitrogens is 2. The number of carbonyl (C=O) groups is 1. The van der Waals surface area contributed by atoms with Crippen molar-refractivity contribution in [1.29, 1.82) is 0 Å². The van der Waals surface area contributed by atoms with Gasteiger partial charge >= 0.3 is 0 Å². The molecule has 0 radical (unpaired) electrons. The van der Waals surface area contributed by atoms with Crippen LogP contribution in [-0.4, -0.2) is 16.1 Å². The summed E-state index contributed by atoms with van der Waals surface area (Å²) in [4.78, 5) is 12.6. The lowest BCUT2D eigenvalue weighted by Gasteiger charge is -2.09. The second kappa shape index (κ2) is 7.48. The molecule has 0 atom stereocenters. The molecule has 0 aliphatic heterocycles. The van der Waals surface area contributed by atoms with Crippen LogP contribution in [0.5, 0.6) is 0 Å². The maximum atomic E-state index is 12.6. The number of anilines is 1. The van der Waals surface area contributed by atoms with Gasteiger partial charge in [-0.05, 0) is 67.4 Å².